The number of carbonyl (C=O) groups is 1. The number of carboxylic acids is 1. The van der Waals surface area contributed by atoms with Crippen molar-refractivity contribution in [3.05, 3.63) is 29.8 Å². The van der Waals surface area contributed by atoms with Gasteiger partial charge in [0.1, 0.15) is 5.54 Å². The van der Waals surface area contributed by atoms with Crippen LogP contribution in [0.25, 0.3) is 0 Å². The molecule has 17 heavy (non-hydrogen) atoms. The monoisotopic (exact) mass is 253 g/mol. The largest absolute Gasteiger partial charge is 0.480 e. The smallest absolute Gasteiger partial charge is 0.324 e. The molecule has 0 aromatic heterocycles. The molecule has 0 fully saturated rings. The summed E-state index contributed by atoms with van der Waals surface area (Å²) >= 11 is 1.68. The quantitative estimate of drug-likeness (QED) is 0.818. The van der Waals surface area contributed by atoms with Crippen LogP contribution in [0.1, 0.15) is 12.5 Å². The third-order valence-corrected chi connectivity index (χ3v) is 3.90. The van der Waals surface area contributed by atoms with E-state index in [4.69, 9.17) is 0 Å². The zero-order valence-electron chi connectivity index (χ0n) is 10.7. The van der Waals surface area contributed by atoms with Crippen LogP contribution in [-0.4, -0.2) is 41.9 Å². The van der Waals surface area contributed by atoms with E-state index < -0.39 is 11.5 Å². The molecule has 0 saturated carbocycles. The average Bonchev–Trinajstić information content (AvgIpc) is 2.29. The van der Waals surface area contributed by atoms with Crippen molar-refractivity contribution < 1.29 is 9.90 Å². The van der Waals surface area contributed by atoms with Gasteiger partial charge >= 0.3 is 5.97 Å². The fraction of sp³-hybridized carbons (Fsp3) is 0.462. The van der Waals surface area contributed by atoms with E-state index in [-0.39, 0.29) is 0 Å². The van der Waals surface area contributed by atoms with Crippen LogP contribution in [0.2, 0.25) is 0 Å². The molecule has 94 valence electrons. The van der Waals surface area contributed by atoms with Crippen molar-refractivity contribution in [1.82, 2.24) is 4.90 Å². The molecule has 3 nitrogen and oxygen atoms in total. The molecule has 0 aliphatic heterocycles. The first-order valence-electron chi connectivity index (χ1n) is 5.44. The first-order chi connectivity index (χ1) is 7.90. The van der Waals surface area contributed by atoms with E-state index in [1.807, 2.05) is 30.5 Å². The van der Waals surface area contributed by atoms with Crippen molar-refractivity contribution in [3.8, 4) is 0 Å². The Balaban J connectivity index is 2.90. The van der Waals surface area contributed by atoms with E-state index in [0.29, 0.717) is 6.42 Å². The van der Waals surface area contributed by atoms with E-state index in [1.165, 1.54) is 4.90 Å². The number of benzene rings is 1. The van der Waals surface area contributed by atoms with Crippen LogP contribution in [0.15, 0.2) is 29.2 Å². The third kappa shape index (κ3) is 3.23. The fourth-order valence-electron chi connectivity index (χ4n) is 1.57. The number of likely N-dealkylation sites (N-methyl/N-ethyl adjacent to an activating group) is 1. The van der Waals surface area contributed by atoms with Crippen LogP contribution in [-0.2, 0) is 11.2 Å². The highest BCUT2D eigenvalue weighted by Crippen LogP contribution is 2.21. The maximum absolute atomic E-state index is 11.3. The van der Waals surface area contributed by atoms with Crippen LogP contribution < -0.4 is 0 Å². The molecule has 0 spiro atoms. The Labute approximate surface area is 107 Å². The molecule has 1 aromatic rings. The van der Waals surface area contributed by atoms with Crippen molar-refractivity contribution in [2.45, 2.75) is 23.8 Å². The van der Waals surface area contributed by atoms with E-state index >= 15 is 0 Å². The van der Waals surface area contributed by atoms with Gasteiger partial charge in [-0.1, -0.05) is 12.1 Å². The van der Waals surface area contributed by atoms with Gasteiger partial charge in [-0.2, -0.15) is 0 Å². The lowest BCUT2D eigenvalue weighted by Gasteiger charge is -2.32. The molecule has 1 rings (SSSR count). The molecule has 4 heteroatoms. The molecular formula is C13H19NO2S. The molecule has 0 aliphatic rings. The Hall–Kier alpha value is -1.00. The van der Waals surface area contributed by atoms with Crippen LogP contribution in [0, 0.1) is 0 Å². The van der Waals surface area contributed by atoms with Gasteiger partial charge in [0.2, 0.25) is 0 Å². The van der Waals surface area contributed by atoms with Gasteiger partial charge in [0.05, 0.1) is 0 Å². The first-order valence-corrected chi connectivity index (χ1v) is 6.66. The lowest BCUT2D eigenvalue weighted by atomic mass is 9.92. The maximum Gasteiger partial charge on any atom is 0.324 e. The van der Waals surface area contributed by atoms with Crippen LogP contribution >= 0.6 is 11.8 Å². The number of carboxylic acid groups (broad SMARTS) is 1. The summed E-state index contributed by atoms with van der Waals surface area (Å²) in [6, 6.07) is 8.04. The van der Waals surface area contributed by atoms with Crippen LogP contribution in [0.3, 0.4) is 0 Å². The molecule has 1 aromatic carbocycles. The molecule has 0 amide bonds. The summed E-state index contributed by atoms with van der Waals surface area (Å²) in [5.74, 6) is -0.795. The molecule has 0 aliphatic carbocycles. The highest BCUT2D eigenvalue weighted by molar-refractivity contribution is 7.98. The minimum absolute atomic E-state index is 0.504. The number of hydrogen-bond acceptors (Lipinski definition) is 3. The zero-order chi connectivity index (χ0) is 13.1. The Kier molecular flexibility index (Phi) is 4.60. The van der Waals surface area contributed by atoms with Gasteiger partial charge in [-0.3, -0.25) is 9.69 Å². The summed E-state index contributed by atoms with van der Waals surface area (Å²) in [5.41, 5.74) is 0.183. The predicted molar refractivity (Wildman–Crippen MR) is 71.7 cm³/mol. The molecule has 0 bridgehead atoms. The number of thioether (sulfide) groups is 1. The molecule has 0 saturated heterocycles. The highest BCUT2D eigenvalue weighted by Gasteiger charge is 2.35. The first kappa shape index (κ1) is 14.1. The topological polar surface area (TPSA) is 40.5 Å². The summed E-state index contributed by atoms with van der Waals surface area (Å²) in [6.07, 6.45) is 2.53. The van der Waals surface area contributed by atoms with E-state index in [1.54, 1.807) is 37.7 Å². The minimum Gasteiger partial charge on any atom is -0.480 e. The van der Waals surface area contributed by atoms with Crippen molar-refractivity contribution in [2.24, 2.45) is 0 Å². The van der Waals surface area contributed by atoms with Gasteiger partial charge < -0.3 is 5.11 Å². The van der Waals surface area contributed by atoms with Crippen molar-refractivity contribution in [3.63, 3.8) is 0 Å². The summed E-state index contributed by atoms with van der Waals surface area (Å²) in [7, 11) is 3.59. The Morgan fingerprint density at radius 3 is 2.24 bits per heavy atom. The van der Waals surface area contributed by atoms with Crippen molar-refractivity contribution >= 4 is 17.7 Å². The number of aliphatic carboxylic acids is 1. The summed E-state index contributed by atoms with van der Waals surface area (Å²) in [5, 5.41) is 9.32. The van der Waals surface area contributed by atoms with Gasteiger partial charge in [0, 0.05) is 11.3 Å². The predicted octanol–water partition coefficient (Wildman–Crippen LogP) is 2.36. The van der Waals surface area contributed by atoms with Crippen LogP contribution in [0.4, 0.5) is 0 Å². The van der Waals surface area contributed by atoms with E-state index in [9.17, 15) is 9.90 Å². The molecule has 1 N–H and O–H groups in total. The number of nitrogens with zero attached hydrogens (tertiary/aromatic N) is 1. The van der Waals surface area contributed by atoms with Gasteiger partial charge in [-0.05, 0) is 45.0 Å². The van der Waals surface area contributed by atoms with Crippen molar-refractivity contribution in [2.75, 3.05) is 20.4 Å². The zero-order valence-corrected chi connectivity index (χ0v) is 11.5. The minimum atomic E-state index is -0.860. The maximum atomic E-state index is 11.3. The summed E-state index contributed by atoms with van der Waals surface area (Å²) in [4.78, 5) is 14.3. The third-order valence-electron chi connectivity index (χ3n) is 3.16. The molecular weight excluding hydrogens is 234 g/mol. The summed E-state index contributed by atoms with van der Waals surface area (Å²) < 4.78 is 0. The second kappa shape index (κ2) is 5.56. The highest BCUT2D eigenvalue weighted by atomic mass is 32.2. The Bertz CT molecular complexity index is 389. The van der Waals surface area contributed by atoms with Gasteiger partial charge in [-0.25, -0.2) is 0 Å². The summed E-state index contributed by atoms with van der Waals surface area (Å²) in [6.45, 7) is 1.75. The van der Waals surface area contributed by atoms with Gasteiger partial charge in [0.15, 0.2) is 0 Å². The number of hydrogen-bond donors (Lipinski definition) is 1. The second-order valence-corrected chi connectivity index (χ2v) is 5.38. The van der Waals surface area contributed by atoms with E-state index in [0.717, 1.165) is 5.56 Å². The second-order valence-electron chi connectivity index (χ2n) is 4.50. The molecule has 0 radical (unpaired) electrons. The molecule has 1 atom stereocenters. The Morgan fingerprint density at radius 2 is 1.88 bits per heavy atom. The van der Waals surface area contributed by atoms with Gasteiger partial charge in [-0.15, -0.1) is 11.8 Å². The van der Waals surface area contributed by atoms with E-state index in [2.05, 4.69) is 0 Å². The number of rotatable bonds is 5. The molecule has 0 heterocycles. The average molecular weight is 253 g/mol. The lowest BCUT2D eigenvalue weighted by Crippen LogP contribution is -2.50. The van der Waals surface area contributed by atoms with Gasteiger partial charge in [0.25, 0.3) is 0 Å². The Morgan fingerprint density at radius 1 is 1.35 bits per heavy atom. The lowest BCUT2D eigenvalue weighted by molar-refractivity contribution is -0.148. The van der Waals surface area contributed by atoms with Crippen LogP contribution in [0.5, 0.6) is 0 Å². The standard InChI is InChI=1S/C13H19NO2S/c1-13(12(15)16,14(2)3)9-10-5-7-11(17-4)8-6-10/h5-8H,9H2,1-4H3,(H,15,16). The fourth-order valence-corrected chi connectivity index (χ4v) is 1.97. The normalized spacial score (nSPS) is 14.6. The molecule has 1 unspecified atom stereocenters. The van der Waals surface area contributed by atoms with Crippen molar-refractivity contribution in [1.29, 1.82) is 0 Å². The SMILES string of the molecule is CSc1ccc(CC(C)(C(=O)O)N(C)C)cc1.